The van der Waals surface area contributed by atoms with Crippen molar-refractivity contribution in [2.75, 3.05) is 0 Å². The number of hydrogen-bond acceptors (Lipinski definition) is 3. The number of benzene rings is 1. The first-order chi connectivity index (χ1) is 9.58. The number of imide groups is 1. The quantitative estimate of drug-likeness (QED) is 0.804. The second-order valence-corrected chi connectivity index (χ2v) is 3.96. The minimum Gasteiger partial charge on any atom is -0.340 e. The summed E-state index contributed by atoms with van der Waals surface area (Å²) in [4.78, 5) is 34.1. The van der Waals surface area contributed by atoms with Crippen LogP contribution in [-0.2, 0) is 9.59 Å². The van der Waals surface area contributed by atoms with Crippen molar-refractivity contribution in [1.82, 2.24) is 10.6 Å². The molecule has 1 aliphatic heterocycles. The lowest BCUT2D eigenvalue weighted by Gasteiger charge is -2.21. The Balaban J connectivity index is 0.000000956. The van der Waals surface area contributed by atoms with Gasteiger partial charge >= 0.3 is 0 Å². The number of hydrogen-bond donors (Lipinski definition) is 2. The number of amides is 3. The summed E-state index contributed by atoms with van der Waals surface area (Å²) in [5.41, 5.74) is -0.123. The first-order valence-corrected chi connectivity index (χ1v) is 6.47. The molecule has 0 spiro atoms. The van der Waals surface area contributed by atoms with Crippen LogP contribution in [0.3, 0.4) is 0 Å². The van der Waals surface area contributed by atoms with Gasteiger partial charge in [-0.1, -0.05) is 26.0 Å². The number of piperidine rings is 1. The third kappa shape index (κ3) is 3.88. The highest BCUT2D eigenvalue weighted by Gasteiger charge is 2.28. The average molecular weight is 280 g/mol. The van der Waals surface area contributed by atoms with Crippen LogP contribution in [0.5, 0.6) is 0 Å². The van der Waals surface area contributed by atoms with Gasteiger partial charge in [0.15, 0.2) is 0 Å². The summed E-state index contributed by atoms with van der Waals surface area (Å²) >= 11 is 0. The van der Waals surface area contributed by atoms with E-state index in [0.29, 0.717) is 0 Å². The summed E-state index contributed by atoms with van der Waals surface area (Å²) in [5.74, 6) is -2.24. The van der Waals surface area contributed by atoms with Gasteiger partial charge in [-0.05, 0) is 18.6 Å². The molecular formula is C14H17FN2O3. The average Bonchev–Trinajstić information content (AvgIpc) is 2.44. The van der Waals surface area contributed by atoms with Crippen LogP contribution in [0.4, 0.5) is 4.39 Å². The van der Waals surface area contributed by atoms with Gasteiger partial charge in [-0.25, -0.2) is 4.39 Å². The van der Waals surface area contributed by atoms with E-state index in [2.05, 4.69) is 10.6 Å². The largest absolute Gasteiger partial charge is 0.340 e. The first kappa shape index (κ1) is 15.8. The van der Waals surface area contributed by atoms with Gasteiger partial charge in [0.1, 0.15) is 11.9 Å². The number of carbonyl (C=O) groups excluding carboxylic acids is 3. The van der Waals surface area contributed by atoms with Crippen LogP contribution < -0.4 is 10.6 Å². The molecule has 1 atom stereocenters. The second-order valence-electron chi connectivity index (χ2n) is 3.96. The van der Waals surface area contributed by atoms with Crippen molar-refractivity contribution in [3.8, 4) is 0 Å². The van der Waals surface area contributed by atoms with E-state index in [4.69, 9.17) is 0 Å². The number of halogens is 1. The molecule has 1 aromatic rings. The van der Waals surface area contributed by atoms with Crippen molar-refractivity contribution >= 4 is 17.7 Å². The van der Waals surface area contributed by atoms with Crippen LogP contribution in [-0.4, -0.2) is 23.8 Å². The van der Waals surface area contributed by atoms with Crippen molar-refractivity contribution < 1.29 is 18.8 Å². The molecule has 1 aliphatic rings. The zero-order chi connectivity index (χ0) is 15.1. The summed E-state index contributed by atoms with van der Waals surface area (Å²) in [7, 11) is 0. The number of nitrogens with one attached hydrogen (secondary N) is 2. The molecule has 2 rings (SSSR count). The van der Waals surface area contributed by atoms with Crippen molar-refractivity contribution in [2.24, 2.45) is 0 Å². The Morgan fingerprint density at radius 1 is 1.30 bits per heavy atom. The molecule has 6 heteroatoms. The van der Waals surface area contributed by atoms with Crippen LogP contribution >= 0.6 is 0 Å². The molecule has 1 unspecified atom stereocenters. The highest BCUT2D eigenvalue weighted by Crippen LogP contribution is 2.09. The Kier molecular flexibility index (Phi) is 5.83. The normalized spacial score (nSPS) is 17.6. The van der Waals surface area contributed by atoms with Crippen molar-refractivity contribution in [2.45, 2.75) is 32.7 Å². The maximum atomic E-state index is 13.3. The van der Waals surface area contributed by atoms with Crippen LogP contribution in [0, 0.1) is 5.82 Å². The van der Waals surface area contributed by atoms with Gasteiger partial charge in [-0.3, -0.25) is 19.7 Å². The summed E-state index contributed by atoms with van der Waals surface area (Å²) < 4.78 is 13.3. The lowest BCUT2D eigenvalue weighted by molar-refractivity contribution is -0.134. The van der Waals surface area contributed by atoms with E-state index in [1.165, 1.54) is 24.3 Å². The smallest absolute Gasteiger partial charge is 0.254 e. The van der Waals surface area contributed by atoms with E-state index in [9.17, 15) is 18.8 Å². The molecule has 1 heterocycles. The fourth-order valence-corrected chi connectivity index (χ4v) is 1.71. The molecule has 5 nitrogen and oxygen atoms in total. The number of rotatable bonds is 2. The van der Waals surface area contributed by atoms with Crippen LogP contribution in [0.2, 0.25) is 0 Å². The van der Waals surface area contributed by atoms with Gasteiger partial charge in [-0.15, -0.1) is 0 Å². The zero-order valence-corrected chi connectivity index (χ0v) is 11.4. The van der Waals surface area contributed by atoms with Crippen LogP contribution in [0.1, 0.15) is 37.0 Å². The standard InChI is InChI=1S/C12H11FN2O3.C2H6/c13-8-4-2-1-3-7(8)11(17)14-9-5-6-10(16)15-12(9)18;1-2/h1-4,9H,5-6H2,(H,14,17)(H,15,16,18);1-2H3. The molecule has 2 N–H and O–H groups in total. The van der Waals surface area contributed by atoms with Gasteiger partial charge in [0.2, 0.25) is 11.8 Å². The Bertz CT molecular complexity index is 517. The monoisotopic (exact) mass is 280 g/mol. The van der Waals surface area contributed by atoms with E-state index >= 15 is 0 Å². The molecule has 108 valence electrons. The predicted molar refractivity (Wildman–Crippen MR) is 71.4 cm³/mol. The van der Waals surface area contributed by atoms with E-state index in [1.807, 2.05) is 13.8 Å². The maximum Gasteiger partial charge on any atom is 0.254 e. The van der Waals surface area contributed by atoms with E-state index < -0.39 is 23.7 Å². The Morgan fingerprint density at radius 3 is 2.55 bits per heavy atom. The fourth-order valence-electron chi connectivity index (χ4n) is 1.71. The lowest BCUT2D eigenvalue weighted by Crippen LogP contribution is -2.52. The summed E-state index contributed by atoms with van der Waals surface area (Å²) in [6.07, 6.45) is 0.388. The van der Waals surface area contributed by atoms with Crippen LogP contribution in [0.15, 0.2) is 24.3 Å². The third-order valence-electron chi connectivity index (χ3n) is 2.66. The van der Waals surface area contributed by atoms with Gasteiger partial charge in [0.25, 0.3) is 5.91 Å². The SMILES string of the molecule is CC.O=C1CCC(NC(=O)c2ccccc2F)C(=O)N1. The molecule has 0 radical (unpaired) electrons. The summed E-state index contributed by atoms with van der Waals surface area (Å²) in [5, 5.41) is 4.52. The van der Waals surface area contributed by atoms with Crippen molar-refractivity contribution in [3.63, 3.8) is 0 Å². The van der Waals surface area contributed by atoms with Gasteiger partial charge < -0.3 is 5.32 Å². The minimum absolute atomic E-state index is 0.123. The van der Waals surface area contributed by atoms with Gasteiger partial charge in [0.05, 0.1) is 5.56 Å². The fraction of sp³-hybridized carbons (Fsp3) is 0.357. The lowest BCUT2D eigenvalue weighted by atomic mass is 10.1. The molecule has 20 heavy (non-hydrogen) atoms. The van der Waals surface area contributed by atoms with Crippen molar-refractivity contribution in [3.05, 3.63) is 35.6 Å². The second kappa shape index (κ2) is 7.37. The summed E-state index contributed by atoms with van der Waals surface area (Å²) in [6, 6.07) is 4.70. The van der Waals surface area contributed by atoms with E-state index in [0.717, 1.165) is 0 Å². The van der Waals surface area contributed by atoms with Crippen molar-refractivity contribution in [1.29, 1.82) is 0 Å². The van der Waals surface area contributed by atoms with E-state index in [1.54, 1.807) is 0 Å². The van der Waals surface area contributed by atoms with E-state index in [-0.39, 0.29) is 24.3 Å². The summed E-state index contributed by atoms with van der Waals surface area (Å²) in [6.45, 7) is 4.00. The molecule has 0 aliphatic carbocycles. The molecule has 1 aromatic carbocycles. The minimum atomic E-state index is -0.796. The highest BCUT2D eigenvalue weighted by atomic mass is 19.1. The maximum absolute atomic E-state index is 13.3. The first-order valence-electron chi connectivity index (χ1n) is 6.47. The zero-order valence-electron chi connectivity index (χ0n) is 11.4. The predicted octanol–water partition coefficient (Wildman–Crippen LogP) is 1.39. The highest BCUT2D eigenvalue weighted by molar-refractivity contribution is 6.03. The Labute approximate surface area is 116 Å². The molecule has 0 bridgehead atoms. The molecule has 0 aromatic heterocycles. The topological polar surface area (TPSA) is 75.3 Å². The van der Waals surface area contributed by atoms with Gasteiger partial charge in [0, 0.05) is 6.42 Å². The molecule has 3 amide bonds. The van der Waals surface area contributed by atoms with Crippen LogP contribution in [0.25, 0.3) is 0 Å². The Hall–Kier alpha value is -2.24. The Morgan fingerprint density at radius 2 is 1.95 bits per heavy atom. The third-order valence-corrected chi connectivity index (χ3v) is 2.66. The molecule has 1 saturated heterocycles. The molecule has 0 saturated carbocycles. The molecular weight excluding hydrogens is 263 g/mol. The molecule has 1 fully saturated rings. The van der Waals surface area contributed by atoms with Gasteiger partial charge in [-0.2, -0.15) is 0 Å². The number of carbonyl (C=O) groups is 3.